The number of rotatable bonds is 1. The van der Waals surface area contributed by atoms with Crippen molar-refractivity contribution in [2.45, 2.75) is 19.4 Å². The Hall–Kier alpha value is 0.0400. The van der Waals surface area contributed by atoms with Crippen molar-refractivity contribution < 1.29 is 0 Å². The van der Waals surface area contributed by atoms with Crippen LogP contribution in [-0.2, 0) is 0 Å². The smallest absolute Gasteiger partial charge is 0.0837 e. The van der Waals surface area contributed by atoms with Gasteiger partial charge in [0.25, 0.3) is 0 Å². The van der Waals surface area contributed by atoms with Gasteiger partial charge in [0.1, 0.15) is 0 Å². The first-order valence-electron chi connectivity index (χ1n) is 5.54. The zero-order chi connectivity index (χ0) is 12.6. The van der Waals surface area contributed by atoms with E-state index in [2.05, 4.69) is 40.0 Å². The summed E-state index contributed by atoms with van der Waals surface area (Å²) in [6.07, 6.45) is 0. The summed E-state index contributed by atoms with van der Waals surface area (Å²) >= 11 is 15.8. The van der Waals surface area contributed by atoms with Gasteiger partial charge in [-0.25, -0.2) is 0 Å². The van der Waals surface area contributed by atoms with Crippen molar-refractivity contribution in [2.75, 3.05) is 24.5 Å². The van der Waals surface area contributed by atoms with Crippen molar-refractivity contribution in [1.29, 1.82) is 0 Å². The summed E-state index contributed by atoms with van der Waals surface area (Å²) in [5.74, 6) is 0. The van der Waals surface area contributed by atoms with Crippen LogP contribution in [0, 0.1) is 0 Å². The largest absolute Gasteiger partial charge is 0.367 e. The molecule has 0 bridgehead atoms. The van der Waals surface area contributed by atoms with Gasteiger partial charge in [0.2, 0.25) is 0 Å². The fraction of sp³-hybridized carbons (Fsp3) is 0.500. The molecule has 0 radical (unpaired) electrons. The maximum Gasteiger partial charge on any atom is 0.0837 e. The molecule has 0 saturated carbocycles. The number of halogens is 3. The summed E-state index contributed by atoms with van der Waals surface area (Å²) in [5, 5.41) is 4.68. The summed E-state index contributed by atoms with van der Waals surface area (Å²) in [5.41, 5.74) is 1.11. The van der Waals surface area contributed by atoms with E-state index >= 15 is 0 Å². The molecule has 0 aliphatic carbocycles. The predicted octanol–water partition coefficient (Wildman–Crippen LogP) is 3.94. The van der Waals surface area contributed by atoms with Crippen molar-refractivity contribution in [3.63, 3.8) is 0 Å². The minimum atomic E-state index is 0.0983. The average molecular weight is 338 g/mol. The molecule has 1 N–H and O–H groups in total. The third-order valence-electron chi connectivity index (χ3n) is 2.93. The normalized spacial score (nSPS) is 19.5. The second-order valence-corrected chi connectivity index (χ2v) is 6.54. The number of hydrogen-bond acceptors (Lipinski definition) is 2. The van der Waals surface area contributed by atoms with Crippen LogP contribution in [0.5, 0.6) is 0 Å². The Balaban J connectivity index is 2.31. The number of anilines is 1. The average Bonchev–Trinajstić information content (AvgIpc) is 2.25. The third-order valence-corrected chi connectivity index (χ3v) is 4.69. The molecule has 0 atom stereocenters. The van der Waals surface area contributed by atoms with Crippen LogP contribution < -0.4 is 10.2 Å². The van der Waals surface area contributed by atoms with Gasteiger partial charge in [0.15, 0.2) is 0 Å². The number of nitrogens with one attached hydrogen (secondary N) is 1. The summed E-state index contributed by atoms with van der Waals surface area (Å²) in [6.45, 7) is 7.20. The molecule has 17 heavy (non-hydrogen) atoms. The number of nitrogens with zero attached hydrogens (tertiary/aromatic N) is 1. The lowest BCUT2D eigenvalue weighted by Gasteiger charge is -2.40. The molecule has 1 heterocycles. The fourth-order valence-electron chi connectivity index (χ4n) is 2.11. The Morgan fingerprint density at radius 2 is 2.00 bits per heavy atom. The van der Waals surface area contributed by atoms with Gasteiger partial charge in [-0.05, 0) is 41.9 Å². The Morgan fingerprint density at radius 3 is 2.65 bits per heavy atom. The van der Waals surface area contributed by atoms with Gasteiger partial charge in [-0.3, -0.25) is 0 Å². The van der Waals surface area contributed by atoms with Crippen molar-refractivity contribution in [2.24, 2.45) is 0 Å². The number of piperazine rings is 1. The molecule has 1 aliphatic heterocycles. The number of hydrogen-bond donors (Lipinski definition) is 1. The van der Waals surface area contributed by atoms with Gasteiger partial charge < -0.3 is 10.2 Å². The molecular weight excluding hydrogens is 323 g/mol. The highest BCUT2D eigenvalue weighted by molar-refractivity contribution is 9.10. The zero-order valence-corrected chi connectivity index (χ0v) is 13.0. The minimum absolute atomic E-state index is 0.0983. The summed E-state index contributed by atoms with van der Waals surface area (Å²) < 4.78 is 0.835. The molecule has 5 heteroatoms. The molecule has 1 fully saturated rings. The fourth-order valence-corrected chi connectivity index (χ4v) is 3.00. The molecular formula is C12H15BrCl2N2. The van der Waals surface area contributed by atoms with E-state index in [1.165, 1.54) is 0 Å². The van der Waals surface area contributed by atoms with E-state index < -0.39 is 0 Å². The Kier molecular flexibility index (Phi) is 3.93. The van der Waals surface area contributed by atoms with Gasteiger partial charge in [0.05, 0.1) is 15.7 Å². The van der Waals surface area contributed by atoms with Crippen LogP contribution in [0.4, 0.5) is 5.69 Å². The molecule has 94 valence electrons. The van der Waals surface area contributed by atoms with E-state index in [1.54, 1.807) is 0 Å². The first-order chi connectivity index (χ1) is 7.91. The molecule has 0 aromatic heterocycles. The Morgan fingerprint density at radius 1 is 1.29 bits per heavy atom. The van der Waals surface area contributed by atoms with Crippen LogP contribution in [0.15, 0.2) is 16.6 Å². The summed E-state index contributed by atoms with van der Waals surface area (Å²) in [4.78, 5) is 2.27. The lowest BCUT2D eigenvalue weighted by molar-refractivity contribution is 0.353. The molecule has 1 aromatic carbocycles. The lowest BCUT2D eigenvalue weighted by Crippen LogP contribution is -2.57. The predicted molar refractivity (Wildman–Crippen MR) is 78.5 cm³/mol. The maximum atomic E-state index is 6.30. The Labute approximate surface area is 120 Å². The molecule has 0 amide bonds. The topological polar surface area (TPSA) is 15.3 Å². The molecule has 2 rings (SSSR count). The summed E-state index contributed by atoms with van der Waals surface area (Å²) in [7, 11) is 0. The Bertz CT molecular complexity index is 435. The third kappa shape index (κ3) is 2.90. The van der Waals surface area contributed by atoms with Crippen molar-refractivity contribution in [3.05, 3.63) is 26.7 Å². The van der Waals surface area contributed by atoms with Crippen molar-refractivity contribution in [3.8, 4) is 0 Å². The van der Waals surface area contributed by atoms with Gasteiger partial charge in [-0.1, -0.05) is 23.2 Å². The monoisotopic (exact) mass is 336 g/mol. The first-order valence-corrected chi connectivity index (χ1v) is 7.09. The van der Waals surface area contributed by atoms with Gasteiger partial charge >= 0.3 is 0 Å². The quantitative estimate of drug-likeness (QED) is 0.781. The van der Waals surface area contributed by atoms with Crippen LogP contribution >= 0.6 is 39.1 Å². The van der Waals surface area contributed by atoms with Crippen molar-refractivity contribution >= 4 is 44.8 Å². The molecule has 1 aliphatic rings. The second-order valence-electron chi connectivity index (χ2n) is 4.93. The standard InChI is InChI=1S/C12H15BrCl2N2/c1-12(2)7-17(6-5-16-12)9-4-3-8(13)10(14)11(9)15/h3-4,16H,5-7H2,1-2H3. The molecule has 2 nitrogen and oxygen atoms in total. The lowest BCUT2D eigenvalue weighted by atomic mass is 10.0. The van der Waals surface area contributed by atoms with Gasteiger partial charge in [0, 0.05) is 29.6 Å². The van der Waals surface area contributed by atoms with Crippen molar-refractivity contribution in [1.82, 2.24) is 5.32 Å². The van der Waals surface area contributed by atoms with E-state index in [4.69, 9.17) is 23.2 Å². The first kappa shape index (κ1) is 13.5. The summed E-state index contributed by atoms with van der Waals surface area (Å²) in [6, 6.07) is 3.96. The van der Waals surface area contributed by atoms with Gasteiger partial charge in [-0.15, -0.1) is 0 Å². The van der Waals surface area contributed by atoms with Crippen LogP contribution in [0.3, 0.4) is 0 Å². The second kappa shape index (κ2) is 4.96. The van der Waals surface area contributed by atoms with E-state index in [1.807, 2.05) is 12.1 Å². The van der Waals surface area contributed by atoms with E-state index in [0.717, 1.165) is 29.8 Å². The van der Waals surface area contributed by atoms with Crippen LogP contribution in [0.1, 0.15) is 13.8 Å². The zero-order valence-electron chi connectivity index (χ0n) is 9.86. The highest BCUT2D eigenvalue weighted by Crippen LogP contribution is 2.38. The van der Waals surface area contributed by atoms with E-state index in [-0.39, 0.29) is 5.54 Å². The SMILES string of the molecule is CC1(C)CN(c2ccc(Br)c(Cl)c2Cl)CCN1. The van der Waals surface area contributed by atoms with Crippen LogP contribution in [-0.4, -0.2) is 25.2 Å². The molecule has 1 saturated heterocycles. The highest BCUT2D eigenvalue weighted by Gasteiger charge is 2.27. The number of benzene rings is 1. The van der Waals surface area contributed by atoms with E-state index in [9.17, 15) is 0 Å². The van der Waals surface area contributed by atoms with E-state index in [0.29, 0.717) is 10.0 Å². The van der Waals surface area contributed by atoms with Crippen LogP contribution in [0.25, 0.3) is 0 Å². The maximum absolute atomic E-state index is 6.30. The van der Waals surface area contributed by atoms with Gasteiger partial charge in [-0.2, -0.15) is 0 Å². The molecule has 1 aromatic rings. The molecule has 0 unspecified atom stereocenters. The minimum Gasteiger partial charge on any atom is -0.367 e. The highest BCUT2D eigenvalue weighted by atomic mass is 79.9. The molecule has 0 spiro atoms. The van der Waals surface area contributed by atoms with Crippen LogP contribution in [0.2, 0.25) is 10.0 Å².